The molecule has 0 amide bonds. The molecule has 0 atom stereocenters. The second-order valence-corrected chi connectivity index (χ2v) is 4.18. The van der Waals surface area contributed by atoms with Crippen LogP contribution in [0.25, 0.3) is 0 Å². The summed E-state index contributed by atoms with van der Waals surface area (Å²) < 4.78 is 7.47. The summed E-state index contributed by atoms with van der Waals surface area (Å²) in [6.45, 7) is 5.66. The Bertz CT molecular complexity index is 545. The Labute approximate surface area is 104 Å². The highest BCUT2D eigenvalue weighted by atomic mass is 35.5. The molecule has 5 nitrogen and oxygen atoms in total. The summed E-state index contributed by atoms with van der Waals surface area (Å²) in [5, 5.41) is 4.45. The van der Waals surface area contributed by atoms with Crippen LogP contribution in [0.15, 0.2) is 6.07 Å². The van der Waals surface area contributed by atoms with Crippen LogP contribution in [0.3, 0.4) is 0 Å². The number of aryl methyl sites for hydroxylation is 3. The van der Waals surface area contributed by atoms with Crippen LogP contribution in [-0.2, 0) is 7.05 Å². The molecule has 90 valence electrons. The third-order valence-electron chi connectivity index (χ3n) is 2.45. The maximum Gasteiger partial charge on any atom is 0.225 e. The van der Waals surface area contributed by atoms with Gasteiger partial charge < -0.3 is 4.74 Å². The van der Waals surface area contributed by atoms with Crippen molar-refractivity contribution in [2.45, 2.75) is 20.8 Å². The number of rotatable bonds is 2. The molecule has 0 aliphatic heterocycles. The maximum atomic E-state index is 5.78. The van der Waals surface area contributed by atoms with Gasteiger partial charge in [-0.2, -0.15) is 10.1 Å². The van der Waals surface area contributed by atoms with Crippen LogP contribution in [0.2, 0.25) is 5.28 Å². The van der Waals surface area contributed by atoms with Crippen molar-refractivity contribution in [2.75, 3.05) is 0 Å². The van der Waals surface area contributed by atoms with Gasteiger partial charge in [0.05, 0.1) is 5.69 Å². The van der Waals surface area contributed by atoms with Crippen molar-refractivity contribution in [1.82, 2.24) is 19.7 Å². The van der Waals surface area contributed by atoms with Crippen LogP contribution in [0.4, 0.5) is 0 Å². The molecule has 0 bridgehead atoms. The second kappa shape index (κ2) is 4.33. The van der Waals surface area contributed by atoms with Crippen molar-refractivity contribution in [1.29, 1.82) is 0 Å². The standard InChI is InChI=1S/C11H13ClN4O/c1-6-5-9(14-11(12)13-6)17-10-7(2)15-16(4)8(10)3/h5H,1-4H3. The Hall–Kier alpha value is -1.62. The number of aromatic nitrogens is 4. The average molecular weight is 253 g/mol. The molecule has 0 unspecified atom stereocenters. The molecule has 6 heteroatoms. The summed E-state index contributed by atoms with van der Waals surface area (Å²) in [6, 6.07) is 1.73. The molecule has 2 aromatic rings. The molecule has 17 heavy (non-hydrogen) atoms. The Morgan fingerprint density at radius 2 is 1.94 bits per heavy atom. The summed E-state index contributed by atoms with van der Waals surface area (Å²) in [6.07, 6.45) is 0. The zero-order valence-corrected chi connectivity index (χ0v) is 10.9. The van der Waals surface area contributed by atoms with Crippen LogP contribution < -0.4 is 4.74 Å². The van der Waals surface area contributed by atoms with Gasteiger partial charge in [-0.1, -0.05) is 0 Å². The number of halogens is 1. The van der Waals surface area contributed by atoms with Gasteiger partial charge in [0.1, 0.15) is 5.69 Å². The lowest BCUT2D eigenvalue weighted by Crippen LogP contribution is -1.95. The highest BCUT2D eigenvalue weighted by Crippen LogP contribution is 2.27. The lowest BCUT2D eigenvalue weighted by molar-refractivity contribution is 0.453. The fourth-order valence-corrected chi connectivity index (χ4v) is 1.78. The fraction of sp³-hybridized carbons (Fsp3) is 0.364. The minimum absolute atomic E-state index is 0.180. The Morgan fingerprint density at radius 1 is 1.24 bits per heavy atom. The summed E-state index contributed by atoms with van der Waals surface area (Å²) >= 11 is 5.78. The molecule has 2 aromatic heterocycles. The average Bonchev–Trinajstić information content (AvgIpc) is 2.44. The summed E-state index contributed by atoms with van der Waals surface area (Å²) in [7, 11) is 1.87. The molecule has 0 fully saturated rings. The number of hydrogen-bond acceptors (Lipinski definition) is 4. The molecule has 0 aromatic carbocycles. The first-order chi connectivity index (χ1) is 7.97. The minimum Gasteiger partial charge on any atom is -0.435 e. The van der Waals surface area contributed by atoms with E-state index < -0.39 is 0 Å². The topological polar surface area (TPSA) is 52.8 Å². The SMILES string of the molecule is Cc1cc(Oc2c(C)nn(C)c2C)nc(Cl)n1. The van der Waals surface area contributed by atoms with Crippen LogP contribution in [0.1, 0.15) is 17.1 Å². The predicted molar refractivity (Wildman–Crippen MR) is 64.5 cm³/mol. The van der Waals surface area contributed by atoms with Crippen molar-refractivity contribution < 1.29 is 4.74 Å². The molecular formula is C11H13ClN4O. The third-order valence-corrected chi connectivity index (χ3v) is 2.62. The fourth-order valence-electron chi connectivity index (χ4n) is 1.56. The molecule has 0 radical (unpaired) electrons. The minimum atomic E-state index is 0.180. The smallest absolute Gasteiger partial charge is 0.225 e. The molecular weight excluding hydrogens is 240 g/mol. The molecule has 0 aliphatic rings. The van der Waals surface area contributed by atoms with E-state index in [1.165, 1.54) is 0 Å². The maximum absolute atomic E-state index is 5.78. The molecule has 0 saturated heterocycles. The van der Waals surface area contributed by atoms with Gasteiger partial charge >= 0.3 is 0 Å². The third kappa shape index (κ3) is 2.39. The Balaban J connectivity index is 2.37. The van der Waals surface area contributed by atoms with E-state index in [-0.39, 0.29) is 5.28 Å². The lowest BCUT2D eigenvalue weighted by atomic mass is 10.3. The monoisotopic (exact) mass is 252 g/mol. The number of nitrogens with zero attached hydrogens (tertiary/aromatic N) is 4. The van der Waals surface area contributed by atoms with Gasteiger partial charge in [-0.05, 0) is 32.4 Å². The molecule has 2 rings (SSSR count). The summed E-state index contributed by atoms with van der Waals surface area (Å²) in [5.41, 5.74) is 2.52. The van der Waals surface area contributed by atoms with E-state index in [2.05, 4.69) is 15.1 Å². The quantitative estimate of drug-likeness (QED) is 0.771. The van der Waals surface area contributed by atoms with Gasteiger partial charge in [-0.15, -0.1) is 0 Å². The van der Waals surface area contributed by atoms with Gasteiger partial charge in [0.2, 0.25) is 11.2 Å². The van der Waals surface area contributed by atoms with Crippen molar-refractivity contribution in [2.24, 2.45) is 7.05 Å². The largest absolute Gasteiger partial charge is 0.435 e. The van der Waals surface area contributed by atoms with E-state index in [4.69, 9.17) is 16.3 Å². The molecule has 0 N–H and O–H groups in total. The highest BCUT2D eigenvalue weighted by Gasteiger charge is 2.13. The predicted octanol–water partition coefficient (Wildman–Crippen LogP) is 2.58. The zero-order valence-electron chi connectivity index (χ0n) is 10.2. The van der Waals surface area contributed by atoms with Crippen molar-refractivity contribution in [3.05, 3.63) is 28.4 Å². The van der Waals surface area contributed by atoms with Crippen molar-refractivity contribution in [3.8, 4) is 11.6 Å². The van der Waals surface area contributed by atoms with Crippen molar-refractivity contribution in [3.63, 3.8) is 0 Å². The molecule has 0 saturated carbocycles. The summed E-state index contributed by atoms with van der Waals surface area (Å²) in [5.74, 6) is 1.14. The normalized spacial score (nSPS) is 10.6. The Morgan fingerprint density at radius 3 is 2.47 bits per heavy atom. The zero-order chi connectivity index (χ0) is 12.6. The Kier molecular flexibility index (Phi) is 3.02. The van der Waals surface area contributed by atoms with Gasteiger partial charge in [-0.3, -0.25) is 4.68 Å². The first-order valence-electron chi connectivity index (χ1n) is 5.16. The van der Waals surface area contributed by atoms with E-state index >= 15 is 0 Å². The van der Waals surface area contributed by atoms with Crippen LogP contribution in [0.5, 0.6) is 11.6 Å². The van der Waals surface area contributed by atoms with E-state index in [9.17, 15) is 0 Å². The van der Waals surface area contributed by atoms with Gasteiger partial charge in [-0.25, -0.2) is 4.98 Å². The van der Waals surface area contributed by atoms with Crippen molar-refractivity contribution >= 4 is 11.6 Å². The van der Waals surface area contributed by atoms with Crippen LogP contribution in [0, 0.1) is 20.8 Å². The van der Waals surface area contributed by atoms with Crippen LogP contribution >= 0.6 is 11.6 Å². The molecule has 0 spiro atoms. The molecule has 2 heterocycles. The number of hydrogen-bond donors (Lipinski definition) is 0. The van der Waals surface area contributed by atoms with Crippen LogP contribution in [-0.4, -0.2) is 19.7 Å². The molecule has 0 aliphatic carbocycles. The van der Waals surface area contributed by atoms with E-state index in [0.717, 1.165) is 17.1 Å². The van der Waals surface area contributed by atoms with Gasteiger partial charge in [0, 0.05) is 18.8 Å². The highest BCUT2D eigenvalue weighted by molar-refractivity contribution is 6.28. The first-order valence-corrected chi connectivity index (χ1v) is 5.54. The van der Waals surface area contributed by atoms with E-state index in [0.29, 0.717) is 11.6 Å². The summed E-state index contributed by atoms with van der Waals surface area (Å²) in [4.78, 5) is 8.00. The van der Waals surface area contributed by atoms with E-state index in [1.807, 2.05) is 27.8 Å². The van der Waals surface area contributed by atoms with Gasteiger partial charge in [0.15, 0.2) is 5.75 Å². The second-order valence-electron chi connectivity index (χ2n) is 3.84. The van der Waals surface area contributed by atoms with E-state index in [1.54, 1.807) is 10.7 Å². The lowest BCUT2D eigenvalue weighted by Gasteiger charge is -2.05. The number of ether oxygens (including phenoxy) is 1. The van der Waals surface area contributed by atoms with Gasteiger partial charge in [0.25, 0.3) is 0 Å². The first kappa shape index (κ1) is 11.9.